The number of hydrogen-bond donors (Lipinski definition) is 2. The third-order valence-corrected chi connectivity index (χ3v) is 3.80. The van der Waals surface area contributed by atoms with Gasteiger partial charge in [0, 0.05) is 19.2 Å². The number of amides is 4. The Morgan fingerprint density at radius 3 is 2.36 bits per heavy atom. The number of nitrogens with one attached hydrogen (secondary N) is 2. The van der Waals surface area contributed by atoms with Crippen LogP contribution in [0.25, 0.3) is 6.08 Å². The van der Waals surface area contributed by atoms with Crippen LogP contribution < -0.4 is 15.5 Å². The maximum Gasteiger partial charge on any atom is 0.328 e. The van der Waals surface area contributed by atoms with Gasteiger partial charge in [0.25, 0.3) is 17.5 Å². The molecule has 10 heteroatoms. The molecular weight excluding hydrogens is 332 g/mol. The second kappa shape index (κ2) is 6.69. The average Bonchev–Trinajstić information content (AvgIpc) is 2.58. The van der Waals surface area contributed by atoms with Crippen LogP contribution in [0.2, 0.25) is 0 Å². The molecule has 2 N–H and O–H groups in total. The standard InChI is InChI=1S/C15H14N4O6/c20-13-10(14(21)17-15(22)16-13)7-9-1-2-11(12(8-9)19(23)24)18-3-5-25-6-4-18/h1-2,7-8H,3-6H2,(H2,16,17,20,21,22). The third-order valence-electron chi connectivity index (χ3n) is 3.80. The number of hydrogen-bond acceptors (Lipinski definition) is 7. The summed E-state index contributed by atoms with van der Waals surface area (Å²) in [6.45, 7) is 2.04. The van der Waals surface area contributed by atoms with Crippen LogP contribution in [-0.2, 0) is 14.3 Å². The maximum absolute atomic E-state index is 11.7. The molecule has 0 unspecified atom stereocenters. The van der Waals surface area contributed by atoms with Crippen LogP contribution in [0.4, 0.5) is 16.2 Å². The molecule has 2 aliphatic heterocycles. The number of urea groups is 1. The predicted molar refractivity (Wildman–Crippen MR) is 85.8 cm³/mol. The van der Waals surface area contributed by atoms with E-state index in [1.165, 1.54) is 12.1 Å². The van der Waals surface area contributed by atoms with Gasteiger partial charge >= 0.3 is 6.03 Å². The lowest BCUT2D eigenvalue weighted by molar-refractivity contribution is -0.384. The van der Waals surface area contributed by atoms with Gasteiger partial charge in [0.2, 0.25) is 0 Å². The smallest absolute Gasteiger partial charge is 0.328 e. The number of morpholine rings is 1. The van der Waals surface area contributed by atoms with Crippen molar-refractivity contribution in [2.75, 3.05) is 31.2 Å². The summed E-state index contributed by atoms with van der Waals surface area (Å²) < 4.78 is 5.24. The van der Waals surface area contributed by atoms with Gasteiger partial charge in [-0.15, -0.1) is 0 Å². The van der Waals surface area contributed by atoms with E-state index in [2.05, 4.69) is 0 Å². The molecule has 0 spiro atoms. The highest BCUT2D eigenvalue weighted by Crippen LogP contribution is 2.30. The van der Waals surface area contributed by atoms with Crippen molar-refractivity contribution in [3.63, 3.8) is 0 Å². The number of carbonyl (C=O) groups excluding carboxylic acids is 3. The number of barbiturate groups is 1. The van der Waals surface area contributed by atoms with E-state index in [4.69, 9.17) is 4.74 Å². The normalized spacial score (nSPS) is 17.8. The van der Waals surface area contributed by atoms with E-state index in [-0.39, 0.29) is 11.3 Å². The lowest BCUT2D eigenvalue weighted by atomic mass is 10.1. The molecule has 2 fully saturated rings. The molecular formula is C15H14N4O6. The number of carbonyl (C=O) groups is 3. The summed E-state index contributed by atoms with van der Waals surface area (Å²) in [5.41, 5.74) is 0.318. The Hall–Kier alpha value is -3.27. The van der Waals surface area contributed by atoms with Gasteiger partial charge in [-0.25, -0.2) is 4.79 Å². The van der Waals surface area contributed by atoms with Crippen molar-refractivity contribution in [1.29, 1.82) is 0 Å². The van der Waals surface area contributed by atoms with Crippen molar-refractivity contribution >= 4 is 35.3 Å². The van der Waals surface area contributed by atoms with Crippen LogP contribution in [0.3, 0.4) is 0 Å². The summed E-state index contributed by atoms with van der Waals surface area (Å²) in [4.78, 5) is 47.3. The van der Waals surface area contributed by atoms with Gasteiger partial charge in [0.1, 0.15) is 11.3 Å². The molecule has 3 rings (SSSR count). The molecule has 0 aromatic heterocycles. The summed E-state index contributed by atoms with van der Waals surface area (Å²) in [6.07, 6.45) is 1.20. The first-order valence-corrected chi connectivity index (χ1v) is 7.45. The lowest BCUT2D eigenvalue weighted by Crippen LogP contribution is -2.51. The Labute approximate surface area is 141 Å². The maximum atomic E-state index is 11.7. The van der Waals surface area contributed by atoms with Crippen LogP contribution in [0.15, 0.2) is 23.8 Å². The summed E-state index contributed by atoms with van der Waals surface area (Å²) in [5.74, 6) is -1.71. The first-order chi connectivity index (χ1) is 12.0. The van der Waals surface area contributed by atoms with E-state index in [0.717, 1.165) is 0 Å². The summed E-state index contributed by atoms with van der Waals surface area (Å²) in [6, 6.07) is 3.52. The van der Waals surface area contributed by atoms with E-state index >= 15 is 0 Å². The van der Waals surface area contributed by atoms with Gasteiger partial charge in [-0.3, -0.25) is 30.3 Å². The molecule has 4 amide bonds. The van der Waals surface area contributed by atoms with Crippen LogP contribution >= 0.6 is 0 Å². The van der Waals surface area contributed by atoms with Crippen LogP contribution in [0, 0.1) is 10.1 Å². The minimum atomic E-state index is -0.902. The highest BCUT2D eigenvalue weighted by Gasteiger charge is 2.28. The number of imide groups is 2. The summed E-state index contributed by atoms with van der Waals surface area (Å²) in [5, 5.41) is 15.3. The van der Waals surface area contributed by atoms with Gasteiger partial charge < -0.3 is 9.64 Å². The number of rotatable bonds is 3. The first kappa shape index (κ1) is 16.6. The topological polar surface area (TPSA) is 131 Å². The molecule has 25 heavy (non-hydrogen) atoms. The Kier molecular flexibility index (Phi) is 4.44. The molecule has 0 bridgehead atoms. The molecule has 2 aliphatic rings. The minimum Gasteiger partial charge on any atom is -0.378 e. The molecule has 0 aliphatic carbocycles. The Morgan fingerprint density at radius 2 is 1.76 bits per heavy atom. The van der Waals surface area contributed by atoms with E-state index in [1.807, 2.05) is 15.5 Å². The molecule has 0 radical (unpaired) electrons. The van der Waals surface area contributed by atoms with Crippen molar-refractivity contribution < 1.29 is 24.0 Å². The van der Waals surface area contributed by atoms with Crippen molar-refractivity contribution in [3.05, 3.63) is 39.4 Å². The first-order valence-electron chi connectivity index (χ1n) is 7.45. The highest BCUT2D eigenvalue weighted by atomic mass is 16.6. The molecule has 1 aromatic rings. The third kappa shape index (κ3) is 3.48. The zero-order valence-electron chi connectivity index (χ0n) is 13.0. The number of anilines is 1. The van der Waals surface area contributed by atoms with Crippen molar-refractivity contribution in [3.8, 4) is 0 Å². The molecule has 1 aromatic carbocycles. The molecule has 10 nitrogen and oxygen atoms in total. The highest BCUT2D eigenvalue weighted by molar-refractivity contribution is 6.31. The number of nitro benzene ring substituents is 1. The number of ether oxygens (including phenoxy) is 1. The summed E-state index contributed by atoms with van der Waals surface area (Å²) in [7, 11) is 0. The van der Waals surface area contributed by atoms with Crippen molar-refractivity contribution in [1.82, 2.24) is 10.6 Å². The fraction of sp³-hybridized carbons (Fsp3) is 0.267. The second-order valence-electron chi connectivity index (χ2n) is 5.40. The van der Waals surface area contributed by atoms with Crippen LogP contribution in [0.1, 0.15) is 5.56 Å². The Morgan fingerprint density at radius 1 is 1.12 bits per heavy atom. The lowest BCUT2D eigenvalue weighted by Gasteiger charge is -2.28. The van der Waals surface area contributed by atoms with E-state index in [9.17, 15) is 24.5 Å². The molecule has 0 atom stereocenters. The minimum absolute atomic E-state index is 0.135. The Balaban J connectivity index is 1.95. The van der Waals surface area contributed by atoms with Crippen LogP contribution in [0.5, 0.6) is 0 Å². The molecule has 2 saturated heterocycles. The number of nitro groups is 1. The van der Waals surface area contributed by atoms with Gasteiger partial charge in [-0.2, -0.15) is 0 Å². The molecule has 2 heterocycles. The monoisotopic (exact) mass is 346 g/mol. The average molecular weight is 346 g/mol. The van der Waals surface area contributed by atoms with Crippen molar-refractivity contribution in [2.24, 2.45) is 0 Å². The number of nitrogens with zero attached hydrogens (tertiary/aromatic N) is 2. The largest absolute Gasteiger partial charge is 0.378 e. The fourth-order valence-electron chi connectivity index (χ4n) is 2.62. The molecule has 0 saturated carbocycles. The van der Waals surface area contributed by atoms with Gasteiger partial charge in [0.05, 0.1) is 18.1 Å². The van der Waals surface area contributed by atoms with E-state index in [0.29, 0.717) is 37.6 Å². The number of benzene rings is 1. The zero-order chi connectivity index (χ0) is 18.0. The van der Waals surface area contributed by atoms with Gasteiger partial charge in [-0.05, 0) is 17.7 Å². The SMILES string of the molecule is O=C1NC(=O)C(=Cc2ccc(N3CCOCC3)c([N+](=O)[O-])c2)C(=O)N1. The zero-order valence-corrected chi connectivity index (χ0v) is 13.0. The van der Waals surface area contributed by atoms with Crippen LogP contribution in [-0.4, -0.2) is 49.1 Å². The second-order valence-corrected chi connectivity index (χ2v) is 5.40. The van der Waals surface area contributed by atoms with Gasteiger partial charge in [-0.1, -0.05) is 6.07 Å². The quantitative estimate of drug-likeness (QED) is 0.345. The Bertz CT molecular complexity index is 775. The fourth-order valence-corrected chi connectivity index (χ4v) is 2.62. The van der Waals surface area contributed by atoms with Gasteiger partial charge in [0.15, 0.2) is 0 Å². The predicted octanol–water partition coefficient (Wildman–Crippen LogP) is 0.181. The van der Waals surface area contributed by atoms with E-state index < -0.39 is 22.8 Å². The van der Waals surface area contributed by atoms with Crippen molar-refractivity contribution in [2.45, 2.75) is 0 Å². The summed E-state index contributed by atoms with van der Waals surface area (Å²) >= 11 is 0. The van der Waals surface area contributed by atoms with E-state index in [1.54, 1.807) is 12.1 Å². The molecule has 130 valence electrons.